The van der Waals surface area contributed by atoms with E-state index in [1.807, 2.05) is 0 Å². The average molecular weight is 414 g/mol. The Kier molecular flexibility index (Phi) is 5.73. The number of nitrogens with zero attached hydrogens (tertiary/aromatic N) is 4. The molecule has 0 bridgehead atoms. The Labute approximate surface area is 174 Å². The molecule has 0 saturated carbocycles. The Morgan fingerprint density at radius 2 is 1.93 bits per heavy atom. The summed E-state index contributed by atoms with van der Waals surface area (Å²) in [6.07, 6.45) is 3.59. The molecular weight excluding hydrogens is 388 g/mol. The molecule has 10 nitrogen and oxygen atoms in total. The number of amides is 2. The summed E-state index contributed by atoms with van der Waals surface area (Å²) in [7, 11) is 3.10. The van der Waals surface area contributed by atoms with Crippen LogP contribution in [-0.4, -0.2) is 60.8 Å². The van der Waals surface area contributed by atoms with Gasteiger partial charge in [-0.3, -0.25) is 14.9 Å². The van der Waals surface area contributed by atoms with Gasteiger partial charge in [0.1, 0.15) is 0 Å². The number of carbonyl (C=O) groups is 2. The molecule has 2 aliphatic rings. The number of methoxy groups -OCH3 is 2. The molecule has 10 heteroatoms. The molecule has 2 amide bonds. The third kappa shape index (κ3) is 4.03. The number of benzene rings is 1. The summed E-state index contributed by atoms with van der Waals surface area (Å²) in [4.78, 5) is 33.3. The first kappa shape index (κ1) is 20.0. The van der Waals surface area contributed by atoms with Crippen molar-refractivity contribution in [3.05, 3.63) is 18.2 Å². The quantitative estimate of drug-likeness (QED) is 0.741. The lowest BCUT2D eigenvalue weighted by atomic mass is 10.1. The van der Waals surface area contributed by atoms with Crippen LogP contribution in [0.25, 0.3) is 0 Å². The maximum absolute atomic E-state index is 12.7. The Hall–Kier alpha value is -3.30. The number of hydrogen-bond acceptors (Lipinski definition) is 7. The molecule has 0 radical (unpaired) electrons. The summed E-state index contributed by atoms with van der Waals surface area (Å²) in [5.41, 5.74) is 0.667. The number of carbonyl (C=O) groups excluding carboxylic acids is 2. The minimum absolute atomic E-state index is 0.117. The number of aromatic nitrogens is 3. The van der Waals surface area contributed by atoms with E-state index in [0.717, 1.165) is 25.9 Å². The fourth-order valence-electron chi connectivity index (χ4n) is 3.89. The lowest BCUT2D eigenvalue weighted by molar-refractivity contribution is -0.122. The van der Waals surface area contributed by atoms with E-state index in [1.54, 1.807) is 37.3 Å². The molecule has 2 N–H and O–H groups in total. The van der Waals surface area contributed by atoms with E-state index in [9.17, 15) is 9.59 Å². The molecule has 2 saturated heterocycles. The fraction of sp³-hybridized carbons (Fsp3) is 0.500. The van der Waals surface area contributed by atoms with Crippen LogP contribution in [-0.2, 0) is 9.59 Å². The van der Waals surface area contributed by atoms with E-state index < -0.39 is 5.92 Å². The van der Waals surface area contributed by atoms with E-state index in [2.05, 4.69) is 25.4 Å². The second-order valence-electron chi connectivity index (χ2n) is 7.47. The number of rotatable bonds is 6. The molecule has 0 aliphatic carbocycles. The smallest absolute Gasteiger partial charge is 0.246 e. The van der Waals surface area contributed by atoms with Crippen molar-refractivity contribution < 1.29 is 19.1 Å². The summed E-state index contributed by atoms with van der Waals surface area (Å²) in [5, 5.41) is 9.74. The first-order chi connectivity index (χ1) is 14.6. The molecule has 2 fully saturated rings. The highest BCUT2D eigenvalue weighted by Gasteiger charge is 2.36. The monoisotopic (exact) mass is 414 g/mol. The Morgan fingerprint density at radius 1 is 1.17 bits per heavy atom. The van der Waals surface area contributed by atoms with Gasteiger partial charge in [-0.2, -0.15) is 4.98 Å². The van der Waals surface area contributed by atoms with E-state index in [-0.39, 0.29) is 24.8 Å². The van der Waals surface area contributed by atoms with E-state index in [4.69, 9.17) is 9.47 Å². The molecule has 4 rings (SSSR count). The summed E-state index contributed by atoms with van der Waals surface area (Å²) in [5.74, 6) is 1.16. The Balaban J connectivity index is 1.40. The lowest BCUT2D eigenvalue weighted by Gasteiger charge is -2.24. The van der Waals surface area contributed by atoms with Crippen LogP contribution in [0.15, 0.2) is 18.2 Å². The second kappa shape index (κ2) is 8.60. The largest absolute Gasteiger partial charge is 0.493 e. The van der Waals surface area contributed by atoms with E-state index >= 15 is 0 Å². The first-order valence-electron chi connectivity index (χ1n) is 10.1. The summed E-state index contributed by atoms with van der Waals surface area (Å²) in [6.45, 7) is 2.12. The number of ether oxygens (including phenoxy) is 2. The summed E-state index contributed by atoms with van der Waals surface area (Å²) >= 11 is 0. The van der Waals surface area contributed by atoms with Crippen molar-refractivity contribution in [1.82, 2.24) is 15.2 Å². The number of aromatic amines is 1. The minimum Gasteiger partial charge on any atom is -0.493 e. The van der Waals surface area contributed by atoms with Crippen molar-refractivity contribution in [2.45, 2.75) is 25.7 Å². The highest BCUT2D eigenvalue weighted by Crippen LogP contribution is 2.34. The van der Waals surface area contributed by atoms with Gasteiger partial charge in [-0.05, 0) is 31.4 Å². The van der Waals surface area contributed by atoms with Crippen LogP contribution in [0.3, 0.4) is 0 Å². The molecule has 1 atom stereocenters. The van der Waals surface area contributed by atoms with Gasteiger partial charge in [-0.1, -0.05) is 0 Å². The zero-order chi connectivity index (χ0) is 21.1. The molecule has 30 heavy (non-hydrogen) atoms. The standard InChI is InChI=1S/C20H26N6O4/c1-29-15-7-6-14(11-16(15)30-2)26-12-13(10-17(26)27)18(28)21-19-22-20(24-23-19)25-8-4-3-5-9-25/h6-7,11,13H,3-5,8-10,12H2,1-2H3,(H2,21,22,23,24,28). The van der Waals surface area contributed by atoms with Crippen LogP contribution in [0.4, 0.5) is 17.6 Å². The van der Waals surface area contributed by atoms with E-state index in [1.165, 1.54) is 6.42 Å². The number of anilines is 3. The fourth-order valence-corrected chi connectivity index (χ4v) is 3.89. The third-order valence-electron chi connectivity index (χ3n) is 5.53. The molecule has 2 aliphatic heterocycles. The molecule has 0 spiro atoms. The van der Waals surface area contributed by atoms with Crippen molar-refractivity contribution >= 4 is 29.4 Å². The van der Waals surface area contributed by atoms with Crippen molar-refractivity contribution in [2.24, 2.45) is 5.92 Å². The highest BCUT2D eigenvalue weighted by molar-refractivity contribution is 6.03. The minimum atomic E-state index is -0.478. The third-order valence-corrected chi connectivity index (χ3v) is 5.53. The Bertz CT molecular complexity index is 924. The molecule has 3 heterocycles. The molecule has 1 unspecified atom stereocenters. The predicted octanol–water partition coefficient (Wildman–Crippen LogP) is 1.80. The topological polar surface area (TPSA) is 113 Å². The van der Waals surface area contributed by atoms with E-state index in [0.29, 0.717) is 29.1 Å². The van der Waals surface area contributed by atoms with Crippen LogP contribution in [0.1, 0.15) is 25.7 Å². The molecule has 1 aromatic carbocycles. The van der Waals surface area contributed by atoms with Gasteiger partial charge in [-0.15, -0.1) is 5.10 Å². The van der Waals surface area contributed by atoms with Crippen molar-refractivity contribution in [1.29, 1.82) is 0 Å². The maximum Gasteiger partial charge on any atom is 0.246 e. The number of nitrogens with one attached hydrogen (secondary N) is 2. The first-order valence-corrected chi connectivity index (χ1v) is 10.1. The van der Waals surface area contributed by atoms with Gasteiger partial charge in [0.25, 0.3) is 0 Å². The molecule has 2 aromatic rings. The van der Waals surface area contributed by atoms with Crippen LogP contribution in [0.2, 0.25) is 0 Å². The van der Waals surface area contributed by atoms with Crippen molar-refractivity contribution in [3.63, 3.8) is 0 Å². The second-order valence-corrected chi connectivity index (χ2v) is 7.47. The van der Waals surface area contributed by atoms with Crippen molar-refractivity contribution in [3.8, 4) is 11.5 Å². The normalized spacial score (nSPS) is 19.1. The zero-order valence-corrected chi connectivity index (χ0v) is 17.2. The van der Waals surface area contributed by atoms with Gasteiger partial charge in [0.15, 0.2) is 11.5 Å². The number of H-pyrrole nitrogens is 1. The summed E-state index contributed by atoms with van der Waals surface area (Å²) < 4.78 is 10.6. The van der Waals surface area contributed by atoms with Crippen LogP contribution in [0.5, 0.6) is 11.5 Å². The van der Waals surface area contributed by atoms with Gasteiger partial charge in [0, 0.05) is 37.8 Å². The Morgan fingerprint density at radius 3 is 2.67 bits per heavy atom. The SMILES string of the molecule is COc1ccc(N2CC(C(=O)Nc3nc(N4CCCCC4)n[nH]3)CC2=O)cc1OC. The van der Waals surface area contributed by atoms with Gasteiger partial charge >= 0.3 is 0 Å². The van der Waals surface area contributed by atoms with Gasteiger partial charge in [0.05, 0.1) is 20.1 Å². The molecular formula is C20H26N6O4. The number of piperidine rings is 1. The van der Waals surface area contributed by atoms with Gasteiger partial charge < -0.3 is 19.3 Å². The molecule has 1 aromatic heterocycles. The van der Waals surface area contributed by atoms with Crippen LogP contribution >= 0.6 is 0 Å². The van der Waals surface area contributed by atoms with Crippen LogP contribution in [0, 0.1) is 5.92 Å². The lowest BCUT2D eigenvalue weighted by Crippen LogP contribution is -2.30. The maximum atomic E-state index is 12.7. The average Bonchev–Trinajstić information content (AvgIpc) is 3.40. The summed E-state index contributed by atoms with van der Waals surface area (Å²) in [6, 6.07) is 5.25. The zero-order valence-electron chi connectivity index (χ0n) is 17.2. The van der Waals surface area contributed by atoms with Gasteiger partial charge in [0.2, 0.25) is 23.7 Å². The molecule has 160 valence electrons. The highest BCUT2D eigenvalue weighted by atomic mass is 16.5. The van der Waals surface area contributed by atoms with Crippen molar-refractivity contribution in [2.75, 3.05) is 49.0 Å². The number of hydrogen-bond donors (Lipinski definition) is 2. The van der Waals surface area contributed by atoms with Gasteiger partial charge in [-0.25, -0.2) is 5.10 Å². The van der Waals surface area contributed by atoms with Crippen LogP contribution < -0.4 is 24.6 Å². The predicted molar refractivity (Wildman–Crippen MR) is 111 cm³/mol.